The Kier molecular flexibility index (Phi) is 6.94. The van der Waals surface area contributed by atoms with Crippen LogP contribution in [0.25, 0.3) is 11.3 Å². The van der Waals surface area contributed by atoms with E-state index in [-0.39, 0.29) is 30.3 Å². The molecule has 1 aromatic carbocycles. The summed E-state index contributed by atoms with van der Waals surface area (Å²) in [6.07, 6.45) is 2.85. The van der Waals surface area contributed by atoms with Gasteiger partial charge in [-0.05, 0) is 37.5 Å². The van der Waals surface area contributed by atoms with Crippen LogP contribution in [0.4, 0.5) is 5.82 Å². The van der Waals surface area contributed by atoms with Crippen LogP contribution >= 0.6 is 11.6 Å². The lowest BCUT2D eigenvalue weighted by Gasteiger charge is -2.28. The van der Waals surface area contributed by atoms with Gasteiger partial charge in [-0.25, -0.2) is 0 Å². The number of carbonyl (C=O) groups excluding carboxylic acids is 2. The fraction of sp³-hybridized carbons (Fsp3) is 0.500. The predicted octanol–water partition coefficient (Wildman–Crippen LogP) is 3.48. The molecule has 7 nitrogen and oxygen atoms in total. The van der Waals surface area contributed by atoms with Gasteiger partial charge in [0.2, 0.25) is 11.8 Å². The highest BCUT2D eigenvalue weighted by molar-refractivity contribution is 6.33. The van der Waals surface area contributed by atoms with E-state index in [0.717, 1.165) is 42.9 Å². The Balaban J connectivity index is 1.37. The first-order valence-corrected chi connectivity index (χ1v) is 11.7. The summed E-state index contributed by atoms with van der Waals surface area (Å²) in [5, 5.41) is 9.43. The summed E-state index contributed by atoms with van der Waals surface area (Å²) in [7, 11) is 0. The number of rotatable bonds is 6. The summed E-state index contributed by atoms with van der Waals surface area (Å²) in [6, 6.07) is 11.7. The van der Waals surface area contributed by atoms with E-state index in [0.29, 0.717) is 24.7 Å². The van der Waals surface area contributed by atoms with Crippen LogP contribution in [0.3, 0.4) is 0 Å². The number of halogens is 1. The molecule has 4 rings (SSSR count). The van der Waals surface area contributed by atoms with E-state index in [1.54, 1.807) is 4.90 Å². The fourth-order valence-corrected chi connectivity index (χ4v) is 4.29. The number of hydrogen-bond donors (Lipinski definition) is 0. The minimum atomic E-state index is -0.0876. The lowest BCUT2D eigenvalue weighted by molar-refractivity contribution is -0.142. The maximum Gasteiger partial charge on any atom is 0.242 e. The minimum absolute atomic E-state index is 0.0351. The Morgan fingerprint density at radius 2 is 1.84 bits per heavy atom. The van der Waals surface area contributed by atoms with E-state index < -0.39 is 0 Å². The Morgan fingerprint density at radius 1 is 1.06 bits per heavy atom. The standard InChI is InChI=1S/C24H30ClN5O2/c1-17(2)24(32)30(18-8-9-18)16-23(31)29-13-5-12-28(14-15-29)22-11-10-21(26-27-22)19-6-3-4-7-20(19)25/h3-4,6-7,10-11,17-18H,5,8-9,12-16H2,1-2H3. The van der Waals surface area contributed by atoms with Gasteiger partial charge in [0.25, 0.3) is 0 Å². The second-order valence-electron chi connectivity index (χ2n) is 8.83. The number of benzene rings is 1. The van der Waals surface area contributed by atoms with Crippen LogP contribution in [0.15, 0.2) is 36.4 Å². The van der Waals surface area contributed by atoms with E-state index in [4.69, 9.17) is 11.6 Å². The van der Waals surface area contributed by atoms with Crippen molar-refractivity contribution in [3.8, 4) is 11.3 Å². The van der Waals surface area contributed by atoms with Gasteiger partial charge in [0.1, 0.15) is 6.54 Å². The van der Waals surface area contributed by atoms with Crippen molar-refractivity contribution in [1.29, 1.82) is 0 Å². The summed E-state index contributed by atoms with van der Waals surface area (Å²) < 4.78 is 0. The minimum Gasteiger partial charge on any atom is -0.353 e. The fourth-order valence-electron chi connectivity index (χ4n) is 4.05. The van der Waals surface area contributed by atoms with Crippen LogP contribution in [-0.4, -0.2) is 70.6 Å². The number of nitrogens with zero attached hydrogens (tertiary/aromatic N) is 5. The smallest absolute Gasteiger partial charge is 0.242 e. The molecule has 1 saturated heterocycles. The average Bonchev–Trinajstić information content (AvgIpc) is 3.64. The molecule has 0 N–H and O–H groups in total. The highest BCUT2D eigenvalue weighted by Gasteiger charge is 2.35. The first-order valence-electron chi connectivity index (χ1n) is 11.4. The number of anilines is 1. The molecular weight excluding hydrogens is 426 g/mol. The summed E-state index contributed by atoms with van der Waals surface area (Å²) in [6.45, 7) is 6.77. The van der Waals surface area contributed by atoms with E-state index in [1.165, 1.54) is 0 Å². The summed E-state index contributed by atoms with van der Waals surface area (Å²) in [4.78, 5) is 31.3. The Labute approximate surface area is 194 Å². The van der Waals surface area contributed by atoms with Gasteiger partial charge in [-0.15, -0.1) is 10.2 Å². The number of amides is 2. The summed E-state index contributed by atoms with van der Waals surface area (Å²) in [5.74, 6) is 0.819. The molecule has 2 fully saturated rings. The third kappa shape index (κ3) is 5.21. The molecule has 1 saturated carbocycles. The second kappa shape index (κ2) is 9.86. The first kappa shape index (κ1) is 22.5. The summed E-state index contributed by atoms with van der Waals surface area (Å²) >= 11 is 6.27. The quantitative estimate of drug-likeness (QED) is 0.667. The molecule has 0 spiro atoms. The van der Waals surface area contributed by atoms with Crippen molar-refractivity contribution in [2.24, 2.45) is 5.92 Å². The van der Waals surface area contributed by atoms with Gasteiger partial charge in [0, 0.05) is 43.7 Å². The first-order chi connectivity index (χ1) is 15.4. The molecule has 2 heterocycles. The van der Waals surface area contributed by atoms with Gasteiger partial charge in [-0.2, -0.15) is 0 Å². The lowest BCUT2D eigenvalue weighted by atomic mass is 10.1. The van der Waals surface area contributed by atoms with Gasteiger partial charge >= 0.3 is 0 Å². The zero-order valence-corrected chi connectivity index (χ0v) is 19.5. The van der Waals surface area contributed by atoms with Crippen molar-refractivity contribution >= 4 is 29.2 Å². The third-order valence-corrected chi connectivity index (χ3v) is 6.37. The van der Waals surface area contributed by atoms with Crippen LogP contribution in [0, 0.1) is 5.92 Å². The normalized spacial score (nSPS) is 16.8. The molecule has 2 aliphatic rings. The number of carbonyl (C=O) groups is 2. The van der Waals surface area contributed by atoms with Gasteiger partial charge in [-0.3, -0.25) is 9.59 Å². The van der Waals surface area contributed by atoms with Gasteiger partial charge in [-0.1, -0.05) is 43.6 Å². The van der Waals surface area contributed by atoms with Crippen LogP contribution in [0.1, 0.15) is 33.1 Å². The molecule has 1 aliphatic heterocycles. The van der Waals surface area contributed by atoms with Crippen molar-refractivity contribution in [3.63, 3.8) is 0 Å². The van der Waals surface area contributed by atoms with Crippen LogP contribution in [0.5, 0.6) is 0 Å². The zero-order chi connectivity index (χ0) is 22.7. The van der Waals surface area contributed by atoms with E-state index in [1.807, 2.05) is 55.1 Å². The Morgan fingerprint density at radius 3 is 2.50 bits per heavy atom. The van der Waals surface area contributed by atoms with Gasteiger partial charge in [0.15, 0.2) is 5.82 Å². The number of hydrogen-bond acceptors (Lipinski definition) is 5. The molecule has 2 amide bonds. The average molecular weight is 456 g/mol. The Bertz CT molecular complexity index is 961. The van der Waals surface area contributed by atoms with E-state index in [2.05, 4.69) is 15.1 Å². The van der Waals surface area contributed by atoms with Crippen molar-refractivity contribution in [3.05, 3.63) is 41.4 Å². The van der Waals surface area contributed by atoms with Crippen molar-refractivity contribution in [2.75, 3.05) is 37.6 Å². The highest BCUT2D eigenvalue weighted by atomic mass is 35.5. The molecule has 8 heteroatoms. The molecule has 0 atom stereocenters. The SMILES string of the molecule is CC(C)C(=O)N(CC(=O)N1CCCN(c2ccc(-c3ccccc3Cl)nn2)CC1)C1CC1. The molecule has 0 radical (unpaired) electrons. The molecule has 0 bridgehead atoms. The van der Waals surface area contributed by atoms with Crippen LogP contribution in [-0.2, 0) is 9.59 Å². The maximum absolute atomic E-state index is 13.0. The van der Waals surface area contributed by atoms with Crippen molar-refractivity contribution in [1.82, 2.24) is 20.0 Å². The van der Waals surface area contributed by atoms with Crippen LogP contribution < -0.4 is 4.90 Å². The van der Waals surface area contributed by atoms with Crippen LogP contribution in [0.2, 0.25) is 5.02 Å². The van der Waals surface area contributed by atoms with E-state index in [9.17, 15) is 9.59 Å². The molecule has 170 valence electrons. The number of aromatic nitrogens is 2. The summed E-state index contributed by atoms with van der Waals surface area (Å²) in [5.41, 5.74) is 1.60. The van der Waals surface area contributed by atoms with E-state index >= 15 is 0 Å². The second-order valence-corrected chi connectivity index (χ2v) is 9.24. The third-order valence-electron chi connectivity index (χ3n) is 6.04. The predicted molar refractivity (Wildman–Crippen MR) is 125 cm³/mol. The highest BCUT2D eigenvalue weighted by Crippen LogP contribution is 2.28. The molecule has 32 heavy (non-hydrogen) atoms. The topological polar surface area (TPSA) is 69.6 Å². The van der Waals surface area contributed by atoms with Gasteiger partial charge in [0.05, 0.1) is 10.7 Å². The van der Waals surface area contributed by atoms with Crippen molar-refractivity contribution < 1.29 is 9.59 Å². The molecule has 1 aromatic heterocycles. The lowest BCUT2D eigenvalue weighted by Crippen LogP contribution is -2.46. The zero-order valence-electron chi connectivity index (χ0n) is 18.7. The molecule has 2 aromatic rings. The Hall–Kier alpha value is -2.67. The molecule has 1 aliphatic carbocycles. The molecule has 0 unspecified atom stereocenters. The maximum atomic E-state index is 13.0. The largest absolute Gasteiger partial charge is 0.353 e. The molecular formula is C24H30ClN5O2. The van der Waals surface area contributed by atoms with Crippen molar-refractivity contribution in [2.45, 2.75) is 39.2 Å². The monoisotopic (exact) mass is 455 g/mol. The van der Waals surface area contributed by atoms with Gasteiger partial charge < -0.3 is 14.7 Å².